The summed E-state index contributed by atoms with van der Waals surface area (Å²) in [7, 11) is -3.44. The second kappa shape index (κ2) is 8.53. The smallest absolute Gasteiger partial charge is 0.289 e. The number of hydrogen-bond donors (Lipinski definition) is 1. The van der Waals surface area contributed by atoms with Crippen LogP contribution in [0.1, 0.15) is 29.1 Å². The Balaban J connectivity index is 1.57. The SMILES string of the molecule is C=C[C@@H](NC(=O)c1ncc(N2C[C@@H]3[C@H]([C@H]2c2cccc(F)c2Cl)C3(F)F)cn1)C(C)S(C)(=O)=O. The van der Waals surface area contributed by atoms with Gasteiger partial charge in [0.1, 0.15) is 5.82 Å². The topological polar surface area (TPSA) is 92.3 Å². The lowest BCUT2D eigenvalue weighted by atomic mass is 10.0. The number of nitrogens with one attached hydrogen (secondary N) is 1. The molecule has 0 spiro atoms. The van der Waals surface area contributed by atoms with Crippen molar-refractivity contribution in [2.24, 2.45) is 11.8 Å². The zero-order valence-electron chi connectivity index (χ0n) is 18.3. The molecule has 2 fully saturated rings. The third kappa shape index (κ3) is 4.15. The Labute approximate surface area is 200 Å². The van der Waals surface area contributed by atoms with Gasteiger partial charge in [0.25, 0.3) is 11.8 Å². The lowest BCUT2D eigenvalue weighted by Gasteiger charge is -2.31. The van der Waals surface area contributed by atoms with Crippen LogP contribution < -0.4 is 10.2 Å². The number of hydrogen-bond acceptors (Lipinski definition) is 6. The first kappa shape index (κ1) is 24.5. The standard InChI is InChI=1S/C22H22ClF3N4O3S/c1-4-16(11(2)34(3,32)33)29-21(31)20-27-8-12(9-28-20)30-10-14-17(22(14,25)26)19(30)13-6-5-7-15(24)18(13)23/h4-9,11,14,16-17,19H,1,10H2,2-3H3,(H,29,31)/t11?,14-,16-,17-,19-/m1/s1. The number of piperidine rings is 1. The first-order valence-corrected chi connectivity index (χ1v) is 12.7. The number of alkyl halides is 2. The molecule has 1 unspecified atom stereocenters. The summed E-state index contributed by atoms with van der Waals surface area (Å²) in [5.74, 6) is -6.46. The number of nitrogens with zero attached hydrogens (tertiary/aromatic N) is 3. The Morgan fingerprint density at radius 1 is 1.35 bits per heavy atom. The first-order valence-electron chi connectivity index (χ1n) is 10.4. The summed E-state index contributed by atoms with van der Waals surface area (Å²) in [6.45, 7) is 4.99. The molecule has 2 aromatic rings. The van der Waals surface area contributed by atoms with E-state index in [-0.39, 0.29) is 23.0 Å². The molecule has 1 amide bonds. The number of aromatic nitrogens is 2. The van der Waals surface area contributed by atoms with Crippen molar-refractivity contribution in [2.75, 3.05) is 17.7 Å². The number of fused-ring (bicyclic) bond motifs is 1. The van der Waals surface area contributed by atoms with E-state index in [0.717, 1.165) is 12.3 Å². The molecule has 12 heteroatoms. The summed E-state index contributed by atoms with van der Waals surface area (Å²) in [6, 6.07) is 2.34. The van der Waals surface area contributed by atoms with Crippen LogP contribution in [-0.2, 0) is 9.84 Å². The molecular weight excluding hydrogens is 493 g/mol. The molecule has 2 heterocycles. The van der Waals surface area contributed by atoms with Crippen molar-refractivity contribution < 1.29 is 26.4 Å². The maximum atomic E-state index is 14.3. The summed E-state index contributed by atoms with van der Waals surface area (Å²) in [5, 5.41) is 1.39. The maximum Gasteiger partial charge on any atom is 0.289 e. The number of halogens is 4. The van der Waals surface area contributed by atoms with Crippen molar-refractivity contribution in [1.29, 1.82) is 0 Å². The van der Waals surface area contributed by atoms with Gasteiger partial charge in [0, 0.05) is 12.8 Å². The van der Waals surface area contributed by atoms with Gasteiger partial charge in [-0.15, -0.1) is 6.58 Å². The normalized spacial score (nSPS) is 24.8. The Morgan fingerprint density at radius 3 is 2.59 bits per heavy atom. The summed E-state index contributed by atoms with van der Waals surface area (Å²) in [4.78, 5) is 22.2. The molecule has 1 N–H and O–H groups in total. The van der Waals surface area contributed by atoms with Crippen LogP contribution in [0.15, 0.2) is 43.2 Å². The van der Waals surface area contributed by atoms with Crippen LogP contribution >= 0.6 is 11.6 Å². The van der Waals surface area contributed by atoms with Crippen LogP contribution in [0.4, 0.5) is 18.9 Å². The fourth-order valence-electron chi connectivity index (χ4n) is 4.41. The second-order valence-electron chi connectivity index (χ2n) is 8.58. The number of carbonyl (C=O) groups is 1. The van der Waals surface area contributed by atoms with Gasteiger partial charge in [0.2, 0.25) is 5.82 Å². The molecule has 34 heavy (non-hydrogen) atoms. The van der Waals surface area contributed by atoms with E-state index in [1.807, 2.05) is 0 Å². The Kier molecular flexibility index (Phi) is 6.14. The highest BCUT2D eigenvalue weighted by Gasteiger charge is 2.76. The summed E-state index contributed by atoms with van der Waals surface area (Å²) >= 11 is 6.11. The quantitative estimate of drug-likeness (QED) is 0.569. The number of carbonyl (C=O) groups excluding carboxylic acids is 1. The van der Waals surface area contributed by atoms with Crippen LogP contribution in [0.5, 0.6) is 0 Å². The molecule has 1 aliphatic carbocycles. The van der Waals surface area contributed by atoms with Crippen molar-refractivity contribution in [2.45, 2.75) is 30.2 Å². The molecule has 1 aromatic heterocycles. The van der Waals surface area contributed by atoms with Crippen molar-refractivity contribution in [1.82, 2.24) is 15.3 Å². The molecule has 4 rings (SSSR count). The predicted octanol–water partition coefficient (Wildman–Crippen LogP) is 3.43. The Bertz CT molecular complexity index is 1240. The number of sulfone groups is 1. The van der Waals surface area contributed by atoms with Crippen LogP contribution in [0, 0.1) is 17.7 Å². The summed E-state index contributed by atoms with van der Waals surface area (Å²) in [5.41, 5.74) is 0.617. The van der Waals surface area contributed by atoms with Gasteiger partial charge in [-0.2, -0.15) is 0 Å². The molecule has 5 atom stereocenters. The van der Waals surface area contributed by atoms with Crippen molar-refractivity contribution in [3.8, 4) is 0 Å². The van der Waals surface area contributed by atoms with Gasteiger partial charge in [0.15, 0.2) is 9.84 Å². The highest BCUT2D eigenvalue weighted by atomic mass is 35.5. The molecule has 0 bridgehead atoms. The zero-order valence-corrected chi connectivity index (χ0v) is 19.8. The van der Waals surface area contributed by atoms with E-state index in [4.69, 9.17) is 11.6 Å². The molecule has 1 aromatic carbocycles. The van der Waals surface area contributed by atoms with Gasteiger partial charge in [0.05, 0.1) is 52.3 Å². The van der Waals surface area contributed by atoms with Gasteiger partial charge in [-0.1, -0.05) is 29.8 Å². The largest absolute Gasteiger partial charge is 0.361 e. The first-order chi connectivity index (χ1) is 15.9. The second-order valence-corrected chi connectivity index (χ2v) is 11.4. The third-order valence-electron chi connectivity index (χ3n) is 6.54. The van der Waals surface area contributed by atoms with E-state index >= 15 is 0 Å². The minimum absolute atomic E-state index is 0.00547. The fraction of sp³-hybridized carbons (Fsp3) is 0.409. The van der Waals surface area contributed by atoms with E-state index in [0.29, 0.717) is 5.69 Å². The molecule has 182 valence electrons. The molecule has 1 aliphatic heterocycles. The Morgan fingerprint density at radius 2 is 2.00 bits per heavy atom. The molecule has 7 nitrogen and oxygen atoms in total. The average molecular weight is 515 g/mol. The van der Waals surface area contributed by atoms with Gasteiger partial charge < -0.3 is 10.2 Å². The van der Waals surface area contributed by atoms with E-state index in [1.54, 1.807) is 4.90 Å². The van der Waals surface area contributed by atoms with Crippen LogP contribution in [0.25, 0.3) is 0 Å². The van der Waals surface area contributed by atoms with Crippen LogP contribution in [-0.4, -0.2) is 54.3 Å². The van der Waals surface area contributed by atoms with Gasteiger partial charge in [-0.05, 0) is 18.6 Å². The maximum absolute atomic E-state index is 14.3. The van der Waals surface area contributed by atoms with Crippen LogP contribution in [0.2, 0.25) is 5.02 Å². The van der Waals surface area contributed by atoms with Crippen molar-refractivity contribution >= 4 is 33.0 Å². The highest BCUT2D eigenvalue weighted by molar-refractivity contribution is 7.91. The van der Waals surface area contributed by atoms with Gasteiger partial charge >= 0.3 is 0 Å². The van der Waals surface area contributed by atoms with E-state index < -0.39 is 56.7 Å². The number of amides is 1. The predicted molar refractivity (Wildman–Crippen MR) is 121 cm³/mol. The minimum atomic E-state index is -3.44. The Hall–Kier alpha value is -2.66. The van der Waals surface area contributed by atoms with E-state index in [9.17, 15) is 26.4 Å². The number of rotatable bonds is 7. The van der Waals surface area contributed by atoms with Crippen molar-refractivity contribution in [3.63, 3.8) is 0 Å². The monoisotopic (exact) mass is 514 g/mol. The molecule has 1 saturated carbocycles. The van der Waals surface area contributed by atoms with E-state index in [2.05, 4.69) is 21.9 Å². The molecule has 2 aliphatic rings. The lowest BCUT2D eigenvalue weighted by Crippen LogP contribution is -2.44. The van der Waals surface area contributed by atoms with Crippen LogP contribution in [0.3, 0.4) is 0 Å². The minimum Gasteiger partial charge on any atom is -0.361 e. The molecule has 0 radical (unpaired) electrons. The highest BCUT2D eigenvalue weighted by Crippen LogP contribution is 2.67. The van der Waals surface area contributed by atoms with Gasteiger partial charge in [-0.25, -0.2) is 31.6 Å². The summed E-state index contributed by atoms with van der Waals surface area (Å²) < 4.78 is 66.2. The number of anilines is 1. The third-order valence-corrected chi connectivity index (χ3v) is 8.58. The number of benzene rings is 1. The van der Waals surface area contributed by atoms with Gasteiger partial charge in [-0.3, -0.25) is 4.79 Å². The van der Waals surface area contributed by atoms with Crippen molar-refractivity contribution in [3.05, 3.63) is 65.5 Å². The lowest BCUT2D eigenvalue weighted by molar-refractivity contribution is 0.0719. The average Bonchev–Trinajstić information content (AvgIpc) is 3.11. The summed E-state index contributed by atoms with van der Waals surface area (Å²) in [6.07, 6.45) is 4.99. The molecular formula is C22H22ClF3N4O3S. The molecule has 1 saturated heterocycles. The fourth-order valence-corrected chi connectivity index (χ4v) is 5.36. The van der Waals surface area contributed by atoms with E-state index in [1.165, 1.54) is 37.5 Å². The zero-order chi connectivity index (χ0) is 25.0.